The molecule has 0 radical (unpaired) electrons. The largest absolute Gasteiger partial charge is 0.464 e. The summed E-state index contributed by atoms with van der Waals surface area (Å²) in [7, 11) is 0. The molecule has 2 heteroatoms. The zero-order valence-corrected chi connectivity index (χ0v) is 26.5. The normalized spacial score (nSPS) is 36.0. The summed E-state index contributed by atoms with van der Waals surface area (Å²) in [6.45, 7) is 19.6. The Morgan fingerprint density at radius 2 is 1.56 bits per heavy atom. The van der Waals surface area contributed by atoms with E-state index < -0.39 is 0 Å². The molecule has 1 aromatic carbocycles. The molecule has 8 unspecified atom stereocenters. The number of fused-ring (bicyclic) bond motifs is 5. The average molecular weight is 535 g/mol. The van der Waals surface area contributed by atoms with Crippen LogP contribution in [0.15, 0.2) is 29.8 Å². The van der Waals surface area contributed by atoms with Crippen LogP contribution in [-0.4, -0.2) is 12.6 Å². The smallest absolute Gasteiger partial charge is 0.293 e. The van der Waals surface area contributed by atoms with Gasteiger partial charge in [0, 0.05) is 6.42 Å². The van der Waals surface area contributed by atoms with Crippen LogP contribution in [0.2, 0.25) is 0 Å². The fraction of sp³-hybridized carbons (Fsp3) is 0.757. The average Bonchev–Trinajstić information content (AvgIpc) is 3.21. The lowest BCUT2D eigenvalue weighted by atomic mass is 9.47. The molecule has 0 spiro atoms. The van der Waals surface area contributed by atoms with Crippen molar-refractivity contribution < 1.29 is 9.53 Å². The van der Waals surface area contributed by atoms with E-state index >= 15 is 0 Å². The molecule has 0 heterocycles. The van der Waals surface area contributed by atoms with Crippen LogP contribution in [0.5, 0.6) is 0 Å². The van der Waals surface area contributed by atoms with E-state index in [0.717, 1.165) is 48.3 Å². The van der Waals surface area contributed by atoms with E-state index in [2.05, 4.69) is 79.7 Å². The fourth-order valence-corrected chi connectivity index (χ4v) is 10.0. The minimum Gasteiger partial charge on any atom is -0.464 e. The highest BCUT2D eigenvalue weighted by molar-refractivity contribution is 5.38. The standard InChI is InChI=1S/C28H46O2.C9H12/c1-19(2)7-6-8-20(3)24-11-12-25-23-10-9-21-17-22(30-18-29)13-15-27(21,4)26(23)14-16-28(24,25)5;1-7-4-8(2)6-9(3)5-7/h9,18-20,22-26H,6-8,10-17H2,1-5H3;4-6H,1-3H3. The highest BCUT2D eigenvalue weighted by Crippen LogP contribution is 2.67. The second-order valence-electron chi connectivity index (χ2n) is 15.1. The Morgan fingerprint density at radius 1 is 0.897 bits per heavy atom. The van der Waals surface area contributed by atoms with Crippen molar-refractivity contribution in [3.05, 3.63) is 46.5 Å². The maximum atomic E-state index is 10.8. The number of carbonyl (C=O) groups excluding carboxylic acids is 1. The number of benzene rings is 1. The summed E-state index contributed by atoms with van der Waals surface area (Å²) in [5.41, 5.74) is 6.60. The number of rotatable bonds is 7. The second kappa shape index (κ2) is 12.5. The van der Waals surface area contributed by atoms with Crippen LogP contribution in [0.4, 0.5) is 0 Å². The highest BCUT2D eigenvalue weighted by Gasteiger charge is 2.59. The Kier molecular flexibility index (Phi) is 9.76. The third-order valence-corrected chi connectivity index (χ3v) is 11.9. The number of hydrogen-bond acceptors (Lipinski definition) is 2. The molecule has 8 atom stereocenters. The van der Waals surface area contributed by atoms with Gasteiger partial charge in [-0.25, -0.2) is 0 Å². The van der Waals surface area contributed by atoms with Crippen LogP contribution in [0.25, 0.3) is 0 Å². The topological polar surface area (TPSA) is 26.3 Å². The van der Waals surface area contributed by atoms with E-state index in [9.17, 15) is 4.79 Å². The molecule has 4 aliphatic carbocycles. The van der Waals surface area contributed by atoms with E-state index in [1.807, 2.05) is 0 Å². The van der Waals surface area contributed by atoms with Crippen LogP contribution in [-0.2, 0) is 9.53 Å². The van der Waals surface area contributed by atoms with Gasteiger partial charge in [-0.2, -0.15) is 0 Å². The molecule has 2 nitrogen and oxygen atoms in total. The van der Waals surface area contributed by atoms with Gasteiger partial charge in [-0.05, 0) is 112 Å². The molecule has 0 N–H and O–H groups in total. The van der Waals surface area contributed by atoms with E-state index in [-0.39, 0.29) is 6.10 Å². The van der Waals surface area contributed by atoms with Crippen molar-refractivity contribution in [1.82, 2.24) is 0 Å². The summed E-state index contributed by atoms with van der Waals surface area (Å²) >= 11 is 0. The van der Waals surface area contributed by atoms with Gasteiger partial charge < -0.3 is 4.74 Å². The first kappa shape index (κ1) is 30.4. The third kappa shape index (κ3) is 6.51. The Labute approximate surface area is 240 Å². The summed E-state index contributed by atoms with van der Waals surface area (Å²) in [6.07, 6.45) is 17.2. The van der Waals surface area contributed by atoms with Gasteiger partial charge in [0.2, 0.25) is 0 Å². The summed E-state index contributed by atoms with van der Waals surface area (Å²) < 4.78 is 5.36. The molecule has 39 heavy (non-hydrogen) atoms. The third-order valence-electron chi connectivity index (χ3n) is 11.9. The zero-order chi connectivity index (χ0) is 28.4. The fourth-order valence-electron chi connectivity index (χ4n) is 10.0. The van der Waals surface area contributed by atoms with Crippen molar-refractivity contribution in [2.45, 2.75) is 132 Å². The molecule has 5 rings (SSSR count). The first-order valence-corrected chi connectivity index (χ1v) is 16.3. The molecule has 3 fully saturated rings. The SMILES string of the molecule is CC(C)CCCC(C)C1CCC2C3CC=C4CC(OC=O)CCC4(C)C3CCC12C.Cc1cc(C)cc(C)c1. The molecule has 1 aromatic rings. The van der Waals surface area contributed by atoms with Crippen molar-refractivity contribution in [3.63, 3.8) is 0 Å². The minimum absolute atomic E-state index is 0.120. The number of hydrogen-bond donors (Lipinski definition) is 0. The Hall–Kier alpha value is -1.57. The molecule has 0 amide bonds. The molecule has 0 aliphatic heterocycles. The summed E-state index contributed by atoms with van der Waals surface area (Å²) in [6, 6.07) is 6.56. The number of aryl methyl sites for hydroxylation is 3. The molecule has 0 aromatic heterocycles. The summed E-state index contributed by atoms with van der Waals surface area (Å²) in [5.74, 6) is 5.32. The van der Waals surface area contributed by atoms with Crippen LogP contribution in [0, 0.1) is 67.1 Å². The van der Waals surface area contributed by atoms with Gasteiger partial charge in [0.15, 0.2) is 0 Å². The lowest BCUT2D eigenvalue weighted by Gasteiger charge is -2.58. The minimum atomic E-state index is 0.120. The Bertz CT molecular complexity index is 956. The van der Waals surface area contributed by atoms with E-state index in [4.69, 9.17) is 4.74 Å². The van der Waals surface area contributed by atoms with Gasteiger partial charge in [0.1, 0.15) is 6.10 Å². The van der Waals surface area contributed by atoms with Crippen molar-refractivity contribution in [3.8, 4) is 0 Å². The van der Waals surface area contributed by atoms with Gasteiger partial charge in [-0.1, -0.05) is 100 Å². The molecule has 218 valence electrons. The summed E-state index contributed by atoms with van der Waals surface area (Å²) in [4.78, 5) is 10.8. The highest BCUT2D eigenvalue weighted by atomic mass is 16.5. The quantitative estimate of drug-likeness (QED) is 0.257. The number of allylic oxidation sites excluding steroid dienone is 1. The monoisotopic (exact) mass is 534 g/mol. The predicted octanol–water partition coefficient (Wildman–Crippen LogP) is 10.2. The zero-order valence-electron chi connectivity index (χ0n) is 26.5. The van der Waals surface area contributed by atoms with Crippen LogP contribution in [0.1, 0.15) is 122 Å². The molecule has 0 saturated heterocycles. The molecular formula is C37H58O2. The first-order valence-electron chi connectivity index (χ1n) is 16.3. The van der Waals surface area contributed by atoms with E-state index in [1.54, 1.807) is 5.57 Å². The van der Waals surface area contributed by atoms with E-state index in [0.29, 0.717) is 17.3 Å². The lowest BCUT2D eigenvalue weighted by Crippen LogP contribution is -2.51. The van der Waals surface area contributed by atoms with Crippen LogP contribution < -0.4 is 0 Å². The molecular weight excluding hydrogens is 476 g/mol. The first-order chi connectivity index (χ1) is 18.5. The van der Waals surface area contributed by atoms with Crippen molar-refractivity contribution in [2.24, 2.45) is 46.3 Å². The molecule has 0 bridgehead atoms. The van der Waals surface area contributed by atoms with Crippen molar-refractivity contribution in [1.29, 1.82) is 0 Å². The van der Waals surface area contributed by atoms with Gasteiger partial charge in [0.25, 0.3) is 6.47 Å². The van der Waals surface area contributed by atoms with E-state index in [1.165, 1.54) is 74.5 Å². The Morgan fingerprint density at radius 3 is 2.18 bits per heavy atom. The van der Waals surface area contributed by atoms with Gasteiger partial charge in [0.05, 0.1) is 0 Å². The maximum absolute atomic E-state index is 10.8. The van der Waals surface area contributed by atoms with Gasteiger partial charge in [-0.3, -0.25) is 4.79 Å². The number of ether oxygens (including phenoxy) is 1. The Balaban J connectivity index is 0.000000333. The van der Waals surface area contributed by atoms with Crippen LogP contribution >= 0.6 is 0 Å². The van der Waals surface area contributed by atoms with Gasteiger partial charge in [-0.15, -0.1) is 0 Å². The lowest BCUT2D eigenvalue weighted by molar-refractivity contribution is -0.136. The van der Waals surface area contributed by atoms with Crippen molar-refractivity contribution in [2.75, 3.05) is 0 Å². The maximum Gasteiger partial charge on any atom is 0.293 e. The van der Waals surface area contributed by atoms with Crippen LogP contribution in [0.3, 0.4) is 0 Å². The number of carbonyl (C=O) groups is 1. The second-order valence-corrected chi connectivity index (χ2v) is 15.1. The van der Waals surface area contributed by atoms with Gasteiger partial charge >= 0.3 is 0 Å². The molecule has 3 saturated carbocycles. The summed E-state index contributed by atoms with van der Waals surface area (Å²) in [5, 5.41) is 0. The predicted molar refractivity (Wildman–Crippen MR) is 165 cm³/mol. The molecule has 4 aliphatic rings. The van der Waals surface area contributed by atoms with Crippen molar-refractivity contribution >= 4 is 6.47 Å².